The van der Waals surface area contributed by atoms with Crippen molar-refractivity contribution in [1.29, 1.82) is 0 Å². The lowest BCUT2D eigenvalue weighted by Gasteiger charge is -2.24. The summed E-state index contributed by atoms with van der Waals surface area (Å²) in [6.45, 7) is 4.79. The minimum atomic E-state index is -0.136. The topological polar surface area (TPSA) is 9.86 Å². The Kier molecular flexibility index (Phi) is 4.82. The molecule has 0 aliphatic heterocycles. The van der Waals surface area contributed by atoms with Gasteiger partial charge >= 0.3 is 0 Å². The lowest BCUT2D eigenvalue weighted by atomic mass is 9.81. The van der Waals surface area contributed by atoms with Crippen LogP contribution in [0.1, 0.15) is 25.0 Å². The average Bonchev–Trinajstić information content (AvgIpc) is 3.68. The number of fused-ring (bicyclic) bond motifs is 11. The number of rotatable bonds is 2. The minimum absolute atomic E-state index is 0.136. The van der Waals surface area contributed by atoms with Gasteiger partial charge in [0.15, 0.2) is 0 Å². The molecule has 212 valence electrons. The van der Waals surface area contributed by atoms with E-state index in [0.29, 0.717) is 0 Å². The van der Waals surface area contributed by atoms with E-state index >= 15 is 0 Å². The van der Waals surface area contributed by atoms with E-state index in [1.807, 2.05) is 0 Å². The zero-order valence-corrected chi connectivity index (χ0v) is 25.3. The van der Waals surface area contributed by atoms with Gasteiger partial charge < -0.3 is 9.13 Å². The first kappa shape index (κ1) is 24.8. The molecule has 0 saturated carbocycles. The molecule has 2 nitrogen and oxygen atoms in total. The Morgan fingerprint density at radius 2 is 1.04 bits per heavy atom. The number of benzene rings is 7. The van der Waals surface area contributed by atoms with Gasteiger partial charge in [0, 0.05) is 32.3 Å². The van der Waals surface area contributed by atoms with Gasteiger partial charge in [-0.1, -0.05) is 129 Å². The lowest BCUT2D eigenvalue weighted by molar-refractivity contribution is 0.664. The maximum atomic E-state index is 2.57. The van der Waals surface area contributed by atoms with E-state index in [1.54, 1.807) is 0 Å². The van der Waals surface area contributed by atoms with Gasteiger partial charge in [-0.2, -0.15) is 0 Å². The predicted molar refractivity (Wildman–Crippen MR) is 190 cm³/mol. The monoisotopic (exact) mass is 574 g/mol. The van der Waals surface area contributed by atoms with E-state index in [1.165, 1.54) is 88.0 Å². The molecule has 0 atom stereocenters. The molecule has 1 aliphatic rings. The molecule has 0 amide bonds. The van der Waals surface area contributed by atoms with Crippen LogP contribution in [0.5, 0.6) is 0 Å². The third-order valence-electron chi connectivity index (χ3n) is 10.3. The normalized spacial score (nSPS) is 13.7. The summed E-state index contributed by atoms with van der Waals surface area (Å²) < 4.78 is 5.04. The van der Waals surface area contributed by atoms with Crippen LogP contribution in [0.4, 0.5) is 0 Å². The van der Waals surface area contributed by atoms with Crippen molar-refractivity contribution < 1.29 is 0 Å². The zero-order chi connectivity index (χ0) is 29.9. The van der Waals surface area contributed by atoms with E-state index < -0.39 is 0 Å². The Hall–Kier alpha value is -5.60. The molecule has 7 aromatic carbocycles. The molecule has 10 rings (SSSR count). The van der Waals surface area contributed by atoms with Crippen molar-refractivity contribution in [2.75, 3.05) is 0 Å². The number of hydrogen-bond acceptors (Lipinski definition) is 0. The largest absolute Gasteiger partial charge is 0.309 e. The van der Waals surface area contributed by atoms with Crippen molar-refractivity contribution in [3.05, 3.63) is 157 Å². The van der Waals surface area contributed by atoms with Crippen molar-refractivity contribution in [1.82, 2.24) is 9.13 Å². The maximum Gasteiger partial charge on any atom is 0.0588 e. The second-order valence-electron chi connectivity index (χ2n) is 12.9. The molecular formula is C43H30N2. The second kappa shape index (κ2) is 8.74. The first-order valence-corrected chi connectivity index (χ1v) is 15.8. The molecular weight excluding hydrogens is 544 g/mol. The third kappa shape index (κ3) is 3.13. The molecule has 2 heterocycles. The van der Waals surface area contributed by atoms with Gasteiger partial charge in [0.25, 0.3) is 0 Å². The SMILES string of the molecule is CC1(C)c2ccccc2-c2ccc3c4ccccc4n(-c4cccc5c4c4ccccc4n5-c4cccc5ccccc45)c3c21. The van der Waals surface area contributed by atoms with Gasteiger partial charge in [-0.05, 0) is 58.0 Å². The smallest absolute Gasteiger partial charge is 0.0588 e. The van der Waals surface area contributed by atoms with Crippen molar-refractivity contribution in [3.8, 4) is 22.5 Å². The van der Waals surface area contributed by atoms with E-state index in [4.69, 9.17) is 0 Å². The highest BCUT2D eigenvalue weighted by Crippen LogP contribution is 2.53. The van der Waals surface area contributed by atoms with Gasteiger partial charge in [0.05, 0.1) is 33.4 Å². The summed E-state index contributed by atoms with van der Waals surface area (Å²) in [6.07, 6.45) is 0. The first-order chi connectivity index (χ1) is 22.1. The van der Waals surface area contributed by atoms with E-state index in [2.05, 4.69) is 169 Å². The lowest BCUT2D eigenvalue weighted by Crippen LogP contribution is -2.16. The summed E-state index contributed by atoms with van der Waals surface area (Å²) in [7, 11) is 0. The Morgan fingerprint density at radius 3 is 1.91 bits per heavy atom. The van der Waals surface area contributed by atoms with Crippen LogP contribution in [0.3, 0.4) is 0 Å². The van der Waals surface area contributed by atoms with Gasteiger partial charge in [-0.3, -0.25) is 0 Å². The quantitative estimate of drug-likeness (QED) is 0.194. The van der Waals surface area contributed by atoms with Gasteiger partial charge in [-0.15, -0.1) is 0 Å². The third-order valence-corrected chi connectivity index (χ3v) is 10.3. The summed E-state index contributed by atoms with van der Waals surface area (Å²) in [5.41, 5.74) is 12.8. The summed E-state index contributed by atoms with van der Waals surface area (Å²) in [5, 5.41) is 7.63. The molecule has 45 heavy (non-hydrogen) atoms. The Labute approximate surface area is 261 Å². The van der Waals surface area contributed by atoms with Crippen LogP contribution in [0, 0.1) is 0 Å². The zero-order valence-electron chi connectivity index (χ0n) is 25.3. The molecule has 0 saturated heterocycles. The van der Waals surface area contributed by atoms with Gasteiger partial charge in [0.2, 0.25) is 0 Å². The van der Waals surface area contributed by atoms with Crippen molar-refractivity contribution in [2.24, 2.45) is 0 Å². The molecule has 0 fully saturated rings. The van der Waals surface area contributed by atoms with Crippen LogP contribution in [-0.4, -0.2) is 9.13 Å². The highest BCUT2D eigenvalue weighted by molar-refractivity contribution is 6.18. The summed E-state index contributed by atoms with van der Waals surface area (Å²) >= 11 is 0. The Morgan fingerprint density at radius 1 is 0.422 bits per heavy atom. The standard InChI is InChI=1S/C43H30N2/c1-43(2)34-19-8-5-16-29(34)31-25-26-32-30-17-6-9-20-36(30)45(42(32)41(31)43)39-24-12-23-38-40(39)33-18-7-10-21-37(33)44(38)35-22-11-14-27-13-3-4-15-28(27)35/h3-26H,1-2H3. The molecule has 1 aliphatic carbocycles. The van der Waals surface area contributed by atoms with Crippen molar-refractivity contribution >= 4 is 54.4 Å². The van der Waals surface area contributed by atoms with Crippen LogP contribution in [0.25, 0.3) is 76.9 Å². The highest BCUT2D eigenvalue weighted by Gasteiger charge is 2.38. The number of aromatic nitrogens is 2. The Balaban J connectivity index is 1.40. The molecule has 9 aromatic rings. The summed E-state index contributed by atoms with van der Waals surface area (Å²) in [5.74, 6) is 0. The predicted octanol–water partition coefficient (Wildman–Crippen LogP) is 11.3. The van der Waals surface area contributed by atoms with Crippen LogP contribution < -0.4 is 0 Å². The fraction of sp³-hybridized carbons (Fsp3) is 0.0698. The van der Waals surface area contributed by atoms with E-state index in [0.717, 1.165) is 0 Å². The molecule has 0 unspecified atom stereocenters. The highest BCUT2D eigenvalue weighted by atomic mass is 15.0. The van der Waals surface area contributed by atoms with Crippen molar-refractivity contribution in [3.63, 3.8) is 0 Å². The van der Waals surface area contributed by atoms with Crippen LogP contribution >= 0.6 is 0 Å². The summed E-state index contributed by atoms with van der Waals surface area (Å²) in [6, 6.07) is 53.7. The second-order valence-corrected chi connectivity index (χ2v) is 12.9. The summed E-state index contributed by atoms with van der Waals surface area (Å²) in [4.78, 5) is 0. The first-order valence-electron chi connectivity index (χ1n) is 15.8. The molecule has 0 spiro atoms. The van der Waals surface area contributed by atoms with Crippen LogP contribution in [-0.2, 0) is 5.41 Å². The fourth-order valence-electron chi connectivity index (χ4n) is 8.41. The van der Waals surface area contributed by atoms with E-state index in [-0.39, 0.29) is 5.41 Å². The maximum absolute atomic E-state index is 2.57. The molecule has 2 aromatic heterocycles. The number of hydrogen-bond donors (Lipinski definition) is 0. The van der Waals surface area contributed by atoms with Gasteiger partial charge in [-0.25, -0.2) is 0 Å². The fourth-order valence-corrected chi connectivity index (χ4v) is 8.41. The van der Waals surface area contributed by atoms with E-state index in [9.17, 15) is 0 Å². The number of nitrogens with zero attached hydrogens (tertiary/aromatic N) is 2. The van der Waals surface area contributed by atoms with Gasteiger partial charge in [0.1, 0.15) is 0 Å². The molecule has 0 N–H and O–H groups in total. The number of para-hydroxylation sites is 2. The van der Waals surface area contributed by atoms with Crippen LogP contribution in [0.15, 0.2) is 146 Å². The molecule has 0 bridgehead atoms. The van der Waals surface area contributed by atoms with Crippen LogP contribution in [0.2, 0.25) is 0 Å². The van der Waals surface area contributed by atoms with Crippen molar-refractivity contribution in [2.45, 2.75) is 19.3 Å². The Bertz CT molecular complexity index is 2680. The average molecular weight is 575 g/mol. The molecule has 0 radical (unpaired) electrons. The molecule has 2 heteroatoms. The minimum Gasteiger partial charge on any atom is -0.309 e.